The molecule has 1 heterocycles. The molecule has 13 heteroatoms. The SMILES string of the molecule is CSCCC(N)C(=O)NC(Cc1c[nH]c2ccccc12)C(=O)NC(CCSC)C(=O)NC(CCCCN)C(=O)O. The number of amides is 3. The Hall–Kier alpha value is -2.74. The molecule has 11 nitrogen and oxygen atoms in total. The van der Waals surface area contributed by atoms with Crippen molar-refractivity contribution in [1.82, 2.24) is 20.9 Å². The molecule has 0 spiro atoms. The largest absolute Gasteiger partial charge is 0.480 e. The Balaban J connectivity index is 2.24. The fourth-order valence-electron chi connectivity index (χ4n) is 4.18. The number of hydrogen-bond acceptors (Lipinski definition) is 8. The maximum absolute atomic E-state index is 13.6. The monoisotopic (exact) mass is 594 g/mol. The van der Waals surface area contributed by atoms with Gasteiger partial charge in [0.15, 0.2) is 0 Å². The number of unbranched alkanes of at least 4 members (excludes halogenated alkanes) is 1. The first kappa shape index (κ1) is 33.5. The van der Waals surface area contributed by atoms with E-state index in [0.717, 1.165) is 16.5 Å². The molecule has 0 saturated heterocycles. The van der Waals surface area contributed by atoms with Crippen LogP contribution in [0.2, 0.25) is 0 Å². The fourth-order valence-corrected chi connectivity index (χ4v) is 5.14. The molecular formula is C27H42N6O5S2. The van der Waals surface area contributed by atoms with Crippen molar-refractivity contribution in [2.45, 2.75) is 62.7 Å². The van der Waals surface area contributed by atoms with Crippen LogP contribution in [0.5, 0.6) is 0 Å². The van der Waals surface area contributed by atoms with E-state index in [1.807, 2.05) is 36.8 Å². The smallest absolute Gasteiger partial charge is 0.326 e. The number of nitrogens with one attached hydrogen (secondary N) is 4. The van der Waals surface area contributed by atoms with Gasteiger partial charge in [-0.1, -0.05) is 18.2 Å². The number of para-hydroxylation sites is 1. The number of carboxylic acid groups (broad SMARTS) is 1. The molecule has 3 amide bonds. The average molecular weight is 595 g/mol. The summed E-state index contributed by atoms with van der Waals surface area (Å²) >= 11 is 3.07. The summed E-state index contributed by atoms with van der Waals surface area (Å²) in [5.41, 5.74) is 13.3. The zero-order chi connectivity index (χ0) is 29.5. The molecule has 1 aromatic heterocycles. The first-order chi connectivity index (χ1) is 19.2. The molecule has 0 aliphatic heterocycles. The van der Waals surface area contributed by atoms with Gasteiger partial charge in [0.2, 0.25) is 17.7 Å². The highest BCUT2D eigenvalue weighted by molar-refractivity contribution is 7.98. The van der Waals surface area contributed by atoms with Crippen molar-refractivity contribution in [3.63, 3.8) is 0 Å². The van der Waals surface area contributed by atoms with Crippen molar-refractivity contribution in [1.29, 1.82) is 0 Å². The minimum atomic E-state index is -1.15. The van der Waals surface area contributed by atoms with Gasteiger partial charge in [0, 0.05) is 23.5 Å². The number of carboxylic acids is 1. The number of benzene rings is 1. The second kappa shape index (κ2) is 17.8. The Morgan fingerprint density at radius 2 is 1.50 bits per heavy atom. The minimum absolute atomic E-state index is 0.171. The molecule has 0 radical (unpaired) electrons. The van der Waals surface area contributed by atoms with Crippen LogP contribution in [0.3, 0.4) is 0 Å². The number of carbonyl (C=O) groups is 4. The van der Waals surface area contributed by atoms with Crippen molar-refractivity contribution in [3.8, 4) is 0 Å². The Morgan fingerprint density at radius 3 is 2.17 bits per heavy atom. The molecule has 1 aromatic carbocycles. The maximum Gasteiger partial charge on any atom is 0.326 e. The molecule has 0 saturated carbocycles. The van der Waals surface area contributed by atoms with Gasteiger partial charge in [-0.05, 0) is 74.3 Å². The van der Waals surface area contributed by atoms with Gasteiger partial charge in [0.05, 0.1) is 6.04 Å². The van der Waals surface area contributed by atoms with E-state index in [0.29, 0.717) is 37.3 Å². The van der Waals surface area contributed by atoms with Crippen LogP contribution in [-0.2, 0) is 25.6 Å². The Labute approximate surface area is 243 Å². The minimum Gasteiger partial charge on any atom is -0.480 e. The van der Waals surface area contributed by atoms with E-state index < -0.39 is 47.9 Å². The number of aromatic nitrogens is 1. The van der Waals surface area contributed by atoms with E-state index in [4.69, 9.17) is 11.5 Å². The molecule has 4 unspecified atom stereocenters. The molecule has 4 atom stereocenters. The number of nitrogens with two attached hydrogens (primary N) is 2. The summed E-state index contributed by atoms with van der Waals surface area (Å²) in [6, 6.07) is 3.76. The van der Waals surface area contributed by atoms with Crippen LogP contribution < -0.4 is 27.4 Å². The maximum atomic E-state index is 13.6. The number of aromatic amines is 1. The van der Waals surface area contributed by atoms with Gasteiger partial charge in [-0.15, -0.1) is 0 Å². The highest BCUT2D eigenvalue weighted by Crippen LogP contribution is 2.19. The molecule has 0 aliphatic rings. The summed E-state index contributed by atoms with van der Waals surface area (Å²) in [7, 11) is 0. The number of aliphatic carboxylic acids is 1. The Morgan fingerprint density at radius 1 is 0.875 bits per heavy atom. The van der Waals surface area contributed by atoms with Crippen molar-refractivity contribution >= 4 is 58.1 Å². The van der Waals surface area contributed by atoms with Crippen LogP contribution in [0, 0.1) is 0 Å². The van der Waals surface area contributed by atoms with Gasteiger partial charge >= 0.3 is 5.97 Å². The molecule has 0 fully saturated rings. The predicted molar refractivity (Wildman–Crippen MR) is 162 cm³/mol. The summed E-state index contributed by atoms with van der Waals surface area (Å²) < 4.78 is 0. The fraction of sp³-hybridized carbons (Fsp3) is 0.556. The van der Waals surface area contributed by atoms with Crippen LogP contribution in [0.1, 0.15) is 37.7 Å². The Bertz CT molecular complexity index is 1110. The van der Waals surface area contributed by atoms with E-state index in [9.17, 15) is 24.3 Å². The number of carbonyl (C=O) groups excluding carboxylic acids is 3. The van der Waals surface area contributed by atoms with E-state index in [-0.39, 0.29) is 19.3 Å². The quantitative estimate of drug-likeness (QED) is 0.117. The van der Waals surface area contributed by atoms with Crippen molar-refractivity contribution in [2.75, 3.05) is 30.6 Å². The second-order valence-electron chi connectivity index (χ2n) is 9.54. The third-order valence-corrected chi connectivity index (χ3v) is 7.79. The third kappa shape index (κ3) is 10.7. The Kier molecular flexibility index (Phi) is 14.9. The average Bonchev–Trinajstić information content (AvgIpc) is 3.35. The molecule has 222 valence electrons. The summed E-state index contributed by atoms with van der Waals surface area (Å²) in [5.74, 6) is -1.49. The van der Waals surface area contributed by atoms with Crippen LogP contribution in [0.25, 0.3) is 10.9 Å². The molecule has 2 rings (SSSR count). The molecule has 0 bridgehead atoms. The van der Waals surface area contributed by atoms with Gasteiger partial charge < -0.3 is 37.5 Å². The number of fused-ring (bicyclic) bond motifs is 1. The van der Waals surface area contributed by atoms with Gasteiger partial charge in [-0.2, -0.15) is 23.5 Å². The van der Waals surface area contributed by atoms with Gasteiger partial charge in [-0.25, -0.2) is 4.79 Å². The van der Waals surface area contributed by atoms with Gasteiger partial charge in [0.1, 0.15) is 18.1 Å². The first-order valence-corrected chi connectivity index (χ1v) is 16.1. The highest BCUT2D eigenvalue weighted by atomic mass is 32.2. The number of hydrogen-bond donors (Lipinski definition) is 7. The lowest BCUT2D eigenvalue weighted by atomic mass is 10.0. The molecule has 0 aliphatic carbocycles. The number of thioether (sulfide) groups is 2. The predicted octanol–water partition coefficient (Wildman–Crippen LogP) is 1.21. The normalized spacial score (nSPS) is 14.2. The molecular weight excluding hydrogens is 552 g/mol. The molecule has 40 heavy (non-hydrogen) atoms. The van der Waals surface area contributed by atoms with Gasteiger partial charge in [-0.3, -0.25) is 14.4 Å². The van der Waals surface area contributed by atoms with Crippen LogP contribution in [0.4, 0.5) is 0 Å². The van der Waals surface area contributed by atoms with E-state index in [2.05, 4.69) is 20.9 Å². The van der Waals surface area contributed by atoms with Gasteiger partial charge in [0.25, 0.3) is 0 Å². The van der Waals surface area contributed by atoms with Crippen molar-refractivity contribution in [2.24, 2.45) is 11.5 Å². The van der Waals surface area contributed by atoms with E-state index in [1.54, 1.807) is 18.0 Å². The van der Waals surface area contributed by atoms with Crippen LogP contribution in [-0.4, -0.2) is 88.5 Å². The zero-order valence-corrected chi connectivity index (χ0v) is 24.7. The summed E-state index contributed by atoms with van der Waals surface area (Å²) in [5, 5.41) is 18.6. The van der Waals surface area contributed by atoms with Crippen molar-refractivity contribution in [3.05, 3.63) is 36.0 Å². The lowest BCUT2D eigenvalue weighted by Crippen LogP contribution is -2.57. The first-order valence-electron chi connectivity index (χ1n) is 13.3. The standard InChI is InChI=1S/C27H42N6O5S2/c1-39-13-10-19(29)24(34)33-23(15-17-16-30-20-8-4-3-7-18(17)20)26(36)31-21(11-14-40-2)25(35)32-22(27(37)38)9-5-6-12-28/h3-4,7-8,16,19,21-23,30H,5-6,9-15,28-29H2,1-2H3,(H,31,36)(H,32,35)(H,33,34)(H,37,38). The van der Waals surface area contributed by atoms with E-state index >= 15 is 0 Å². The summed E-state index contributed by atoms with van der Waals surface area (Å²) in [4.78, 5) is 54.6. The lowest BCUT2D eigenvalue weighted by molar-refractivity contribution is -0.142. The second-order valence-corrected chi connectivity index (χ2v) is 11.5. The van der Waals surface area contributed by atoms with Crippen LogP contribution in [0.15, 0.2) is 30.5 Å². The summed E-state index contributed by atoms with van der Waals surface area (Å²) in [6.07, 6.45) is 7.92. The zero-order valence-electron chi connectivity index (χ0n) is 23.1. The molecule has 2 aromatic rings. The third-order valence-electron chi connectivity index (χ3n) is 6.51. The topological polar surface area (TPSA) is 192 Å². The number of rotatable bonds is 19. The van der Waals surface area contributed by atoms with E-state index in [1.165, 1.54) is 11.8 Å². The lowest BCUT2D eigenvalue weighted by Gasteiger charge is -2.25. The summed E-state index contributed by atoms with van der Waals surface area (Å²) in [6.45, 7) is 0.428. The van der Waals surface area contributed by atoms with Crippen molar-refractivity contribution < 1.29 is 24.3 Å². The number of H-pyrrole nitrogens is 1. The highest BCUT2D eigenvalue weighted by Gasteiger charge is 2.30. The van der Waals surface area contributed by atoms with Crippen LogP contribution >= 0.6 is 23.5 Å². The molecule has 9 N–H and O–H groups in total.